The van der Waals surface area contributed by atoms with Gasteiger partial charge in [0, 0.05) is 66.6 Å². The van der Waals surface area contributed by atoms with Gasteiger partial charge in [0.2, 0.25) is 0 Å². The maximum absolute atomic E-state index is 5.80. The molecule has 4 aromatic heterocycles. The molecule has 6 rings (SSSR count). The summed E-state index contributed by atoms with van der Waals surface area (Å²) < 4.78 is 12.3. The predicted octanol–water partition coefficient (Wildman–Crippen LogP) is 5.18. The second-order valence-corrected chi connectivity index (χ2v) is 10.4. The highest BCUT2D eigenvalue weighted by Gasteiger charge is 2.16. The van der Waals surface area contributed by atoms with Crippen molar-refractivity contribution in [3.8, 4) is 0 Å². The Morgan fingerprint density at radius 2 is 1.12 bits per heavy atom. The molecule has 40 heavy (non-hydrogen) atoms. The summed E-state index contributed by atoms with van der Waals surface area (Å²) in [4.78, 5) is 17.2. The fourth-order valence-corrected chi connectivity index (χ4v) is 4.41. The highest BCUT2D eigenvalue weighted by atomic mass is 79.9. The molecule has 0 saturated carbocycles. The van der Waals surface area contributed by atoms with Crippen molar-refractivity contribution in [1.82, 2.24) is 30.6 Å². The van der Waals surface area contributed by atoms with Crippen molar-refractivity contribution < 1.29 is 9.47 Å². The molecule has 0 spiro atoms. The van der Waals surface area contributed by atoms with E-state index in [1.54, 1.807) is 18.5 Å². The van der Waals surface area contributed by atoms with Crippen molar-refractivity contribution in [2.75, 3.05) is 50.0 Å². The van der Waals surface area contributed by atoms with Crippen LogP contribution in [0.25, 0.3) is 0 Å². The minimum absolute atomic E-state index is 0.0824. The quantitative estimate of drug-likeness (QED) is 0.228. The Bertz CT molecular complexity index is 1210. The number of hydrogen-bond donors (Lipinski definition) is 4. The second-order valence-electron chi connectivity index (χ2n) is 9.05. The van der Waals surface area contributed by atoms with Crippen LogP contribution >= 0.6 is 27.5 Å². The molecule has 0 amide bonds. The van der Waals surface area contributed by atoms with Crippen LogP contribution in [0.1, 0.15) is 23.3 Å². The van der Waals surface area contributed by atoms with E-state index < -0.39 is 0 Å². The first-order valence-corrected chi connectivity index (χ1v) is 14.1. The number of anilines is 4. The molecule has 2 unspecified atom stereocenters. The van der Waals surface area contributed by atoms with Gasteiger partial charge in [-0.25, -0.2) is 19.9 Å². The second kappa shape index (κ2) is 14.4. The number of rotatable bonds is 6. The van der Waals surface area contributed by atoms with Crippen LogP contribution < -0.4 is 21.3 Å². The Hall–Kier alpha value is -3.19. The van der Waals surface area contributed by atoms with E-state index >= 15 is 0 Å². The molecule has 0 radical (unpaired) electrons. The predicted molar refractivity (Wildman–Crippen MR) is 159 cm³/mol. The van der Waals surface area contributed by atoms with Crippen LogP contribution in [0.4, 0.5) is 23.3 Å². The van der Waals surface area contributed by atoms with E-state index in [0.717, 1.165) is 72.4 Å². The van der Waals surface area contributed by atoms with Gasteiger partial charge in [-0.15, -0.1) is 0 Å². The number of ether oxygens (including phenoxy) is 2. The topological polar surface area (TPSA) is 118 Å². The Balaban J connectivity index is 0.000000161. The molecular weight excluding hydrogens is 596 g/mol. The lowest BCUT2D eigenvalue weighted by Gasteiger charge is -2.23. The van der Waals surface area contributed by atoms with Gasteiger partial charge < -0.3 is 30.7 Å². The molecule has 4 N–H and O–H groups in total. The zero-order chi connectivity index (χ0) is 27.6. The number of morpholine rings is 2. The summed E-state index contributed by atoms with van der Waals surface area (Å²) in [5.41, 5.74) is 2.17. The zero-order valence-corrected chi connectivity index (χ0v) is 24.0. The highest BCUT2D eigenvalue weighted by Crippen LogP contribution is 2.22. The first-order valence-electron chi connectivity index (χ1n) is 13.0. The van der Waals surface area contributed by atoms with Crippen LogP contribution in [0.3, 0.4) is 0 Å². The molecule has 4 aromatic rings. The highest BCUT2D eigenvalue weighted by molar-refractivity contribution is 9.10. The van der Waals surface area contributed by atoms with Crippen molar-refractivity contribution in [3.63, 3.8) is 0 Å². The number of nitrogens with one attached hydrogen (secondary N) is 4. The summed E-state index contributed by atoms with van der Waals surface area (Å²) in [5.74, 6) is 2.99. The molecule has 0 aromatic carbocycles. The Labute approximate surface area is 246 Å². The maximum Gasteiger partial charge on any atom is 0.131 e. The van der Waals surface area contributed by atoms with Crippen LogP contribution in [-0.2, 0) is 9.47 Å². The fraction of sp³-hybridized carbons (Fsp3) is 0.286. The van der Waals surface area contributed by atoms with E-state index in [1.807, 2.05) is 54.9 Å². The van der Waals surface area contributed by atoms with E-state index in [-0.39, 0.29) is 12.2 Å². The van der Waals surface area contributed by atoms with Crippen LogP contribution in [0, 0.1) is 0 Å². The van der Waals surface area contributed by atoms with E-state index in [4.69, 9.17) is 21.1 Å². The van der Waals surface area contributed by atoms with E-state index in [1.165, 1.54) is 0 Å². The molecule has 12 heteroatoms. The fourth-order valence-electron chi connectivity index (χ4n) is 4.06. The normalized spacial score (nSPS) is 18.8. The van der Waals surface area contributed by atoms with Crippen LogP contribution in [0.15, 0.2) is 77.8 Å². The van der Waals surface area contributed by atoms with E-state index in [9.17, 15) is 0 Å². The van der Waals surface area contributed by atoms with Gasteiger partial charge in [-0.2, -0.15) is 0 Å². The molecular formula is C28H30BrClN8O2. The monoisotopic (exact) mass is 624 g/mol. The van der Waals surface area contributed by atoms with E-state index in [0.29, 0.717) is 10.8 Å². The van der Waals surface area contributed by atoms with Crippen molar-refractivity contribution >= 4 is 50.8 Å². The van der Waals surface area contributed by atoms with Crippen molar-refractivity contribution in [3.05, 3.63) is 93.9 Å². The molecule has 0 bridgehead atoms. The number of hydrogen-bond acceptors (Lipinski definition) is 10. The van der Waals surface area contributed by atoms with Gasteiger partial charge in [-0.3, -0.25) is 0 Å². The first kappa shape index (κ1) is 28.3. The van der Waals surface area contributed by atoms with Gasteiger partial charge in [0.05, 0.1) is 30.4 Å². The summed E-state index contributed by atoms with van der Waals surface area (Å²) >= 11 is 9.15. The van der Waals surface area contributed by atoms with E-state index in [2.05, 4.69) is 57.1 Å². The Kier molecular flexibility index (Phi) is 10.2. The molecule has 2 aliphatic heterocycles. The maximum atomic E-state index is 5.80. The molecule has 0 aliphatic carbocycles. The van der Waals surface area contributed by atoms with Crippen molar-refractivity contribution in [2.45, 2.75) is 12.2 Å². The number of nitrogens with zero attached hydrogens (tertiary/aromatic N) is 4. The smallest absolute Gasteiger partial charge is 0.131 e. The average Bonchev–Trinajstić information content (AvgIpc) is 3.01. The third-order valence-corrected chi connectivity index (χ3v) is 6.83. The molecule has 2 saturated heterocycles. The molecule has 2 fully saturated rings. The minimum atomic E-state index is 0.0824. The first-order chi connectivity index (χ1) is 19.6. The lowest BCUT2D eigenvalue weighted by Crippen LogP contribution is -2.33. The van der Waals surface area contributed by atoms with Gasteiger partial charge in [-0.1, -0.05) is 23.7 Å². The van der Waals surface area contributed by atoms with Crippen LogP contribution in [-0.4, -0.2) is 59.3 Å². The SMILES string of the molecule is Brc1ccc(Nc2ccc(C3CNCCO3)cn2)nc1.Clc1ccc(Nc2ccc(C3CNCCO3)cn2)nc1. The van der Waals surface area contributed by atoms with Gasteiger partial charge in [0.1, 0.15) is 23.3 Å². The summed E-state index contributed by atoms with van der Waals surface area (Å²) in [6, 6.07) is 15.3. The average molecular weight is 626 g/mol. The van der Waals surface area contributed by atoms with Gasteiger partial charge in [0.15, 0.2) is 0 Å². The summed E-state index contributed by atoms with van der Waals surface area (Å²) in [7, 11) is 0. The third-order valence-electron chi connectivity index (χ3n) is 6.14. The molecule has 6 heterocycles. The Morgan fingerprint density at radius 3 is 1.50 bits per heavy atom. The third kappa shape index (κ3) is 8.40. The zero-order valence-electron chi connectivity index (χ0n) is 21.7. The summed E-state index contributed by atoms with van der Waals surface area (Å²) in [6.07, 6.45) is 7.20. The summed E-state index contributed by atoms with van der Waals surface area (Å²) in [5, 5.41) is 13.5. The van der Waals surface area contributed by atoms with Crippen molar-refractivity contribution in [2.24, 2.45) is 0 Å². The number of aromatic nitrogens is 4. The largest absolute Gasteiger partial charge is 0.371 e. The van der Waals surface area contributed by atoms with Gasteiger partial charge in [-0.05, 0) is 52.3 Å². The molecule has 208 valence electrons. The number of pyridine rings is 4. The van der Waals surface area contributed by atoms with Crippen LogP contribution in [0.2, 0.25) is 5.02 Å². The minimum Gasteiger partial charge on any atom is -0.371 e. The van der Waals surface area contributed by atoms with Crippen LogP contribution in [0.5, 0.6) is 0 Å². The summed E-state index contributed by atoms with van der Waals surface area (Å²) in [6.45, 7) is 4.97. The van der Waals surface area contributed by atoms with Gasteiger partial charge >= 0.3 is 0 Å². The van der Waals surface area contributed by atoms with Crippen molar-refractivity contribution in [1.29, 1.82) is 0 Å². The molecule has 2 aliphatic rings. The van der Waals surface area contributed by atoms with Gasteiger partial charge in [0.25, 0.3) is 0 Å². The molecule has 10 nitrogen and oxygen atoms in total. The lowest BCUT2D eigenvalue weighted by atomic mass is 10.1. The number of halogens is 2. The standard InChI is InChI=1S/C14H15BrN4O.C14H15ClN4O/c2*15-11-2-4-14(18-8-11)19-13-3-1-10(7-17-13)12-9-16-5-6-20-12/h2*1-4,7-8,12,16H,5-6,9H2,(H,17,18,19). The Morgan fingerprint density at radius 1 is 0.650 bits per heavy atom. The lowest BCUT2D eigenvalue weighted by molar-refractivity contribution is 0.0274. The molecule has 2 atom stereocenters.